The van der Waals surface area contributed by atoms with Crippen LogP contribution in [-0.4, -0.2) is 30.4 Å². The Bertz CT molecular complexity index is 813. The number of carbonyl (C=O) groups excluding carboxylic acids is 3. The molecule has 0 saturated heterocycles. The molecule has 6 nitrogen and oxygen atoms in total. The summed E-state index contributed by atoms with van der Waals surface area (Å²) in [6.07, 6.45) is 8.95. The molecule has 1 atom stereocenters. The van der Waals surface area contributed by atoms with Gasteiger partial charge < -0.3 is 15.4 Å². The van der Waals surface area contributed by atoms with Gasteiger partial charge in [0.15, 0.2) is 0 Å². The number of rotatable bonds is 8. The Balaban J connectivity index is 1.15. The second-order valence-corrected chi connectivity index (χ2v) is 10.4. The van der Waals surface area contributed by atoms with E-state index in [9.17, 15) is 14.4 Å². The quantitative estimate of drug-likeness (QED) is 0.628. The van der Waals surface area contributed by atoms with Crippen LogP contribution in [0.1, 0.15) is 69.5 Å². The third kappa shape index (κ3) is 4.78. The van der Waals surface area contributed by atoms with Gasteiger partial charge in [0.2, 0.25) is 12.0 Å². The Morgan fingerprint density at radius 3 is 2.16 bits per heavy atom. The molecule has 1 aromatic carbocycles. The smallest absolute Gasteiger partial charge is 0.326 e. The van der Waals surface area contributed by atoms with E-state index < -0.39 is 12.1 Å². The highest BCUT2D eigenvalue weighted by Crippen LogP contribution is 2.61. The van der Waals surface area contributed by atoms with Gasteiger partial charge in [-0.3, -0.25) is 14.4 Å². The zero-order chi connectivity index (χ0) is 21.4. The summed E-state index contributed by atoms with van der Waals surface area (Å²) in [5.41, 5.74) is 0.772. The largest absolute Gasteiger partial charge is 0.446 e. The number of ether oxygens (including phenoxy) is 1. The first kappa shape index (κ1) is 20.5. The van der Waals surface area contributed by atoms with Crippen LogP contribution in [0.2, 0.25) is 0 Å². The Hall–Kier alpha value is -2.37. The molecule has 5 aliphatic carbocycles. The lowest BCUT2D eigenvalue weighted by Gasteiger charge is -2.56. The number of carbonyl (C=O) groups is 3. The van der Waals surface area contributed by atoms with Crippen molar-refractivity contribution in [2.45, 2.75) is 69.9 Å². The average Bonchev–Trinajstić information content (AvgIpc) is 3.53. The van der Waals surface area contributed by atoms with Crippen LogP contribution in [-0.2, 0) is 19.1 Å². The minimum atomic E-state index is -0.991. The molecule has 5 fully saturated rings. The van der Waals surface area contributed by atoms with Gasteiger partial charge >= 0.3 is 5.97 Å². The van der Waals surface area contributed by atoms with Crippen LogP contribution in [0.15, 0.2) is 30.3 Å². The molecule has 166 valence electrons. The van der Waals surface area contributed by atoms with Crippen LogP contribution in [0.4, 0.5) is 0 Å². The number of esters is 1. The highest BCUT2D eigenvalue weighted by molar-refractivity contribution is 5.87. The maximum Gasteiger partial charge on any atom is 0.326 e. The van der Waals surface area contributed by atoms with Gasteiger partial charge in [-0.1, -0.05) is 30.3 Å². The van der Waals surface area contributed by atoms with E-state index in [1.54, 1.807) is 12.1 Å². The van der Waals surface area contributed by atoms with Gasteiger partial charge in [0.1, 0.15) is 6.54 Å². The normalized spacial score (nSPS) is 31.7. The first-order valence-corrected chi connectivity index (χ1v) is 11.8. The van der Waals surface area contributed by atoms with Crippen LogP contribution >= 0.6 is 0 Å². The summed E-state index contributed by atoms with van der Waals surface area (Å²) in [6.45, 7) is -0.203. The Morgan fingerprint density at radius 2 is 1.58 bits per heavy atom. The monoisotopic (exact) mass is 424 g/mol. The predicted molar refractivity (Wildman–Crippen MR) is 115 cm³/mol. The summed E-state index contributed by atoms with van der Waals surface area (Å²) in [5, 5.41) is 5.67. The minimum Gasteiger partial charge on any atom is -0.446 e. The summed E-state index contributed by atoms with van der Waals surface area (Å²) >= 11 is 0. The molecule has 5 aliphatic rings. The maximum atomic E-state index is 12.7. The maximum absolute atomic E-state index is 12.7. The SMILES string of the molecule is O=C(CC12CC3CC(CC(C3)C1)C2)NCC(=O)O[C@H](C(=O)NC1CC1)c1ccccc1. The molecule has 0 radical (unpaired) electrons. The molecule has 4 bridgehead atoms. The van der Waals surface area contributed by atoms with E-state index in [0.717, 1.165) is 49.9 Å². The zero-order valence-electron chi connectivity index (χ0n) is 18.0. The lowest BCUT2D eigenvalue weighted by Crippen LogP contribution is -2.48. The Kier molecular flexibility index (Phi) is 5.49. The second kappa shape index (κ2) is 8.29. The van der Waals surface area contributed by atoms with E-state index in [-0.39, 0.29) is 29.8 Å². The Labute approximate surface area is 183 Å². The van der Waals surface area contributed by atoms with E-state index in [1.165, 1.54) is 19.3 Å². The molecule has 5 saturated carbocycles. The van der Waals surface area contributed by atoms with Crippen molar-refractivity contribution in [3.63, 3.8) is 0 Å². The van der Waals surface area contributed by atoms with Crippen molar-refractivity contribution in [1.82, 2.24) is 10.6 Å². The molecule has 0 unspecified atom stereocenters. The molecule has 2 N–H and O–H groups in total. The minimum absolute atomic E-state index is 0.0717. The number of hydrogen-bond acceptors (Lipinski definition) is 4. The third-order valence-electron chi connectivity index (χ3n) is 7.64. The fourth-order valence-electron chi connectivity index (χ4n) is 6.66. The predicted octanol–water partition coefficient (Wildman–Crippen LogP) is 3.27. The van der Waals surface area contributed by atoms with Gasteiger partial charge in [0.25, 0.3) is 5.91 Å². The standard InChI is InChI=1S/C25H32N2O4/c28-21(14-25-11-16-8-17(12-25)10-18(9-16)13-25)26-15-22(29)31-23(19-4-2-1-3-5-19)24(30)27-20-6-7-20/h1-5,16-18,20,23H,6-15H2,(H,26,28)(H,27,30)/t16?,17?,18?,23-,25?/m0/s1. The molecule has 2 amide bonds. The molecule has 31 heavy (non-hydrogen) atoms. The van der Waals surface area contributed by atoms with Gasteiger partial charge in [-0.15, -0.1) is 0 Å². The van der Waals surface area contributed by atoms with Crippen molar-refractivity contribution < 1.29 is 19.1 Å². The van der Waals surface area contributed by atoms with Crippen molar-refractivity contribution >= 4 is 17.8 Å². The van der Waals surface area contributed by atoms with Gasteiger partial charge in [-0.2, -0.15) is 0 Å². The Morgan fingerprint density at radius 1 is 0.968 bits per heavy atom. The third-order valence-corrected chi connectivity index (χ3v) is 7.64. The van der Waals surface area contributed by atoms with Crippen molar-refractivity contribution in [3.05, 3.63) is 35.9 Å². The van der Waals surface area contributed by atoms with E-state index in [4.69, 9.17) is 4.74 Å². The fraction of sp³-hybridized carbons (Fsp3) is 0.640. The lowest BCUT2D eigenvalue weighted by atomic mass is 9.49. The number of benzene rings is 1. The van der Waals surface area contributed by atoms with Gasteiger partial charge in [0, 0.05) is 18.0 Å². The van der Waals surface area contributed by atoms with Crippen LogP contribution in [0.3, 0.4) is 0 Å². The highest BCUT2D eigenvalue weighted by Gasteiger charge is 2.51. The van der Waals surface area contributed by atoms with Crippen molar-refractivity contribution in [3.8, 4) is 0 Å². The van der Waals surface area contributed by atoms with Crippen LogP contribution in [0.25, 0.3) is 0 Å². The molecule has 0 aromatic heterocycles. The van der Waals surface area contributed by atoms with Crippen LogP contribution in [0, 0.1) is 23.2 Å². The fourth-order valence-corrected chi connectivity index (χ4v) is 6.66. The van der Waals surface area contributed by atoms with E-state index >= 15 is 0 Å². The van der Waals surface area contributed by atoms with Crippen molar-refractivity contribution in [2.24, 2.45) is 23.2 Å². The van der Waals surface area contributed by atoms with Crippen molar-refractivity contribution in [2.75, 3.05) is 6.54 Å². The number of hydrogen-bond donors (Lipinski definition) is 2. The lowest BCUT2D eigenvalue weighted by molar-refractivity contribution is -0.156. The summed E-state index contributed by atoms with van der Waals surface area (Å²) < 4.78 is 5.51. The molecule has 0 spiro atoms. The second-order valence-electron chi connectivity index (χ2n) is 10.4. The van der Waals surface area contributed by atoms with E-state index in [0.29, 0.717) is 12.0 Å². The summed E-state index contributed by atoms with van der Waals surface area (Å²) in [4.78, 5) is 37.8. The van der Waals surface area contributed by atoms with Crippen LogP contribution < -0.4 is 10.6 Å². The summed E-state index contributed by atoms with van der Waals surface area (Å²) in [5.74, 6) is 1.42. The molecular formula is C25H32N2O4. The average molecular weight is 425 g/mol. The molecule has 6 heteroatoms. The number of amides is 2. The van der Waals surface area contributed by atoms with Crippen LogP contribution in [0.5, 0.6) is 0 Å². The molecule has 0 heterocycles. The first-order valence-electron chi connectivity index (χ1n) is 11.8. The van der Waals surface area contributed by atoms with Gasteiger partial charge in [0.05, 0.1) is 0 Å². The molecule has 6 rings (SSSR count). The van der Waals surface area contributed by atoms with E-state index in [1.807, 2.05) is 18.2 Å². The van der Waals surface area contributed by atoms with E-state index in [2.05, 4.69) is 10.6 Å². The zero-order valence-corrected chi connectivity index (χ0v) is 18.0. The summed E-state index contributed by atoms with van der Waals surface area (Å²) in [7, 11) is 0. The summed E-state index contributed by atoms with van der Waals surface area (Å²) in [6, 6.07) is 9.21. The molecular weight excluding hydrogens is 392 g/mol. The molecule has 1 aromatic rings. The number of nitrogens with one attached hydrogen (secondary N) is 2. The van der Waals surface area contributed by atoms with Gasteiger partial charge in [-0.05, 0) is 74.5 Å². The van der Waals surface area contributed by atoms with Gasteiger partial charge in [-0.25, -0.2) is 0 Å². The topological polar surface area (TPSA) is 84.5 Å². The first-order chi connectivity index (χ1) is 15.0. The highest BCUT2D eigenvalue weighted by atomic mass is 16.5. The van der Waals surface area contributed by atoms with Crippen molar-refractivity contribution in [1.29, 1.82) is 0 Å². The molecule has 0 aliphatic heterocycles.